The van der Waals surface area contributed by atoms with Gasteiger partial charge in [-0.25, -0.2) is 0 Å². The van der Waals surface area contributed by atoms with Crippen molar-refractivity contribution in [2.75, 3.05) is 18.5 Å². The molecule has 78 valence electrons. The van der Waals surface area contributed by atoms with E-state index in [1.165, 1.54) is 0 Å². The number of methoxy groups -OCH3 is 1. The number of rotatable bonds is 4. The van der Waals surface area contributed by atoms with E-state index in [0.717, 1.165) is 28.1 Å². The molecule has 1 aromatic rings. The van der Waals surface area contributed by atoms with E-state index in [2.05, 4.69) is 19.7 Å². The van der Waals surface area contributed by atoms with Gasteiger partial charge in [-0.1, -0.05) is 15.9 Å². The molecule has 0 heterocycles. The molecule has 0 saturated heterocycles. The number of benzene rings is 1. The van der Waals surface area contributed by atoms with Crippen molar-refractivity contribution in [1.29, 1.82) is 0 Å². The molecule has 0 atom stereocenters. The number of ether oxygens (including phenoxy) is 1. The Morgan fingerprint density at radius 2 is 2.21 bits per heavy atom. The fraction of sp³-hybridized carbons (Fsp3) is 0.250. The van der Waals surface area contributed by atoms with Gasteiger partial charge in [-0.05, 0) is 18.2 Å². The standard InChI is InChI=1S/C8H9BrClNO2S/c1-11(14-13-10)7-5-6(9)3-4-8(7)12-2/h3-5H,1-2H3. The smallest absolute Gasteiger partial charge is 0.143 e. The Kier molecular flexibility index (Phi) is 4.88. The van der Waals surface area contributed by atoms with Gasteiger partial charge in [0.15, 0.2) is 0 Å². The summed E-state index contributed by atoms with van der Waals surface area (Å²) in [5.74, 6) is 0.761. The first-order valence-electron chi connectivity index (χ1n) is 3.71. The molecule has 0 saturated carbocycles. The van der Waals surface area contributed by atoms with Crippen molar-refractivity contribution >= 4 is 45.7 Å². The summed E-state index contributed by atoms with van der Waals surface area (Å²) >= 11 is 9.55. The van der Waals surface area contributed by atoms with Gasteiger partial charge in [0.25, 0.3) is 0 Å². The lowest BCUT2D eigenvalue weighted by atomic mass is 10.3. The zero-order valence-electron chi connectivity index (χ0n) is 7.66. The van der Waals surface area contributed by atoms with Crippen LogP contribution in [0.5, 0.6) is 5.75 Å². The molecular formula is C8H9BrClNO2S. The highest BCUT2D eigenvalue weighted by atomic mass is 79.9. The van der Waals surface area contributed by atoms with Gasteiger partial charge in [0.2, 0.25) is 0 Å². The van der Waals surface area contributed by atoms with Crippen LogP contribution in [0.25, 0.3) is 0 Å². The predicted molar refractivity (Wildman–Crippen MR) is 63.6 cm³/mol. The van der Waals surface area contributed by atoms with Crippen molar-refractivity contribution in [3.63, 3.8) is 0 Å². The van der Waals surface area contributed by atoms with Crippen LogP contribution >= 0.6 is 40.0 Å². The molecule has 0 bridgehead atoms. The molecule has 3 nitrogen and oxygen atoms in total. The first-order chi connectivity index (χ1) is 6.69. The average molecular weight is 299 g/mol. The Balaban J connectivity index is 2.97. The van der Waals surface area contributed by atoms with Crippen molar-refractivity contribution in [1.82, 2.24) is 0 Å². The molecule has 0 aromatic heterocycles. The summed E-state index contributed by atoms with van der Waals surface area (Å²) in [6.45, 7) is 0. The van der Waals surface area contributed by atoms with E-state index in [4.69, 9.17) is 16.6 Å². The molecule has 0 aliphatic heterocycles. The Bertz CT molecular complexity index is 313. The molecular weight excluding hydrogens is 290 g/mol. The zero-order chi connectivity index (χ0) is 10.6. The van der Waals surface area contributed by atoms with Crippen LogP contribution < -0.4 is 9.04 Å². The molecule has 0 radical (unpaired) electrons. The van der Waals surface area contributed by atoms with Crippen LogP contribution in [-0.2, 0) is 3.74 Å². The van der Waals surface area contributed by atoms with Crippen LogP contribution in [-0.4, -0.2) is 14.2 Å². The lowest BCUT2D eigenvalue weighted by Crippen LogP contribution is -2.07. The van der Waals surface area contributed by atoms with E-state index in [0.29, 0.717) is 0 Å². The highest BCUT2D eigenvalue weighted by Gasteiger charge is 2.09. The fourth-order valence-corrected chi connectivity index (χ4v) is 1.90. The highest BCUT2D eigenvalue weighted by molar-refractivity contribution is 9.10. The zero-order valence-corrected chi connectivity index (χ0v) is 10.8. The third kappa shape index (κ3) is 2.95. The average Bonchev–Trinajstić information content (AvgIpc) is 2.18. The van der Waals surface area contributed by atoms with Gasteiger partial charge in [0.1, 0.15) is 18.0 Å². The number of halogens is 2. The third-order valence-electron chi connectivity index (χ3n) is 1.62. The fourth-order valence-electron chi connectivity index (χ4n) is 0.992. The van der Waals surface area contributed by atoms with Gasteiger partial charge in [0.05, 0.1) is 24.7 Å². The van der Waals surface area contributed by atoms with Crippen LogP contribution in [0.15, 0.2) is 22.7 Å². The number of anilines is 1. The molecule has 0 aliphatic carbocycles. The van der Waals surface area contributed by atoms with Crippen LogP contribution in [0.3, 0.4) is 0 Å². The summed E-state index contributed by atoms with van der Waals surface area (Å²) < 4.78 is 12.4. The van der Waals surface area contributed by atoms with E-state index in [9.17, 15) is 0 Å². The van der Waals surface area contributed by atoms with Crippen molar-refractivity contribution in [3.8, 4) is 5.75 Å². The van der Waals surface area contributed by atoms with Crippen molar-refractivity contribution < 1.29 is 8.47 Å². The van der Waals surface area contributed by atoms with E-state index in [1.807, 2.05) is 25.2 Å². The van der Waals surface area contributed by atoms with Crippen LogP contribution in [0.2, 0.25) is 0 Å². The van der Waals surface area contributed by atoms with Crippen molar-refractivity contribution in [2.24, 2.45) is 0 Å². The van der Waals surface area contributed by atoms with Crippen molar-refractivity contribution in [2.45, 2.75) is 0 Å². The maximum Gasteiger partial charge on any atom is 0.143 e. The molecule has 0 spiro atoms. The second-order valence-electron chi connectivity index (χ2n) is 2.45. The maximum atomic E-state index is 5.19. The maximum absolute atomic E-state index is 5.19. The Morgan fingerprint density at radius 3 is 2.79 bits per heavy atom. The molecule has 1 rings (SSSR count). The minimum absolute atomic E-state index is 0.761. The topological polar surface area (TPSA) is 21.7 Å². The lowest BCUT2D eigenvalue weighted by molar-refractivity contribution is 0.416. The molecule has 1 aromatic carbocycles. The van der Waals surface area contributed by atoms with Gasteiger partial charge in [-0.15, -0.1) is 0 Å². The first-order valence-corrected chi connectivity index (χ1v) is 5.51. The summed E-state index contributed by atoms with van der Waals surface area (Å²) in [6, 6.07) is 5.69. The normalized spacial score (nSPS) is 10.0. The SMILES string of the molecule is COc1ccc(Br)cc1N(C)SOCl. The van der Waals surface area contributed by atoms with Crippen LogP contribution in [0, 0.1) is 0 Å². The Morgan fingerprint density at radius 1 is 1.50 bits per heavy atom. The summed E-state index contributed by atoms with van der Waals surface area (Å²) in [5, 5.41) is 0. The van der Waals surface area contributed by atoms with Crippen LogP contribution in [0.4, 0.5) is 5.69 Å². The summed E-state index contributed by atoms with van der Waals surface area (Å²) in [6.07, 6.45) is 0. The van der Waals surface area contributed by atoms with Gasteiger partial charge in [-0.3, -0.25) is 4.31 Å². The second kappa shape index (κ2) is 5.70. The third-order valence-corrected chi connectivity index (χ3v) is 2.76. The van der Waals surface area contributed by atoms with Gasteiger partial charge >= 0.3 is 0 Å². The highest BCUT2D eigenvalue weighted by Crippen LogP contribution is 2.34. The molecule has 0 N–H and O–H groups in total. The van der Waals surface area contributed by atoms with Crippen LogP contribution in [0.1, 0.15) is 0 Å². The second-order valence-corrected chi connectivity index (χ2v) is 4.57. The molecule has 0 fully saturated rings. The number of nitrogens with zero attached hydrogens (tertiary/aromatic N) is 1. The van der Waals surface area contributed by atoms with Crippen molar-refractivity contribution in [3.05, 3.63) is 22.7 Å². The minimum Gasteiger partial charge on any atom is -0.495 e. The number of hydrogen-bond acceptors (Lipinski definition) is 4. The van der Waals surface area contributed by atoms with Gasteiger partial charge < -0.3 is 4.74 Å². The largest absolute Gasteiger partial charge is 0.495 e. The predicted octanol–water partition coefficient (Wildman–Crippen LogP) is 3.63. The van der Waals surface area contributed by atoms with E-state index in [-0.39, 0.29) is 0 Å². The molecule has 0 unspecified atom stereocenters. The molecule has 0 amide bonds. The van der Waals surface area contributed by atoms with Gasteiger partial charge in [0, 0.05) is 11.5 Å². The van der Waals surface area contributed by atoms with Gasteiger partial charge in [-0.2, -0.15) is 3.74 Å². The summed E-state index contributed by atoms with van der Waals surface area (Å²) in [4.78, 5) is 0. The molecule has 14 heavy (non-hydrogen) atoms. The quantitative estimate of drug-likeness (QED) is 0.625. The Labute approximate surface area is 101 Å². The molecule has 6 heteroatoms. The summed E-state index contributed by atoms with van der Waals surface area (Å²) in [5.41, 5.74) is 0.882. The lowest BCUT2D eigenvalue weighted by Gasteiger charge is -2.17. The monoisotopic (exact) mass is 297 g/mol. The minimum atomic E-state index is 0.761. The van der Waals surface area contributed by atoms with E-state index >= 15 is 0 Å². The van der Waals surface area contributed by atoms with E-state index in [1.54, 1.807) is 11.4 Å². The Hall–Kier alpha value is -0.100. The first kappa shape index (κ1) is 12.0. The number of hydrogen-bond donors (Lipinski definition) is 0. The molecule has 0 aliphatic rings. The van der Waals surface area contributed by atoms with E-state index < -0.39 is 0 Å². The summed E-state index contributed by atoms with van der Waals surface area (Å²) in [7, 11) is 3.45.